The number of aliphatic carboxylic acids is 1. The summed E-state index contributed by atoms with van der Waals surface area (Å²) in [5, 5.41) is 20.8. The summed E-state index contributed by atoms with van der Waals surface area (Å²) in [6.45, 7) is 2.15. The zero-order chi connectivity index (χ0) is 16.8. The molecule has 1 saturated heterocycles. The molecule has 2 fully saturated rings. The van der Waals surface area contributed by atoms with Gasteiger partial charge in [0.1, 0.15) is 5.56 Å². The first-order chi connectivity index (χ1) is 10.9. The summed E-state index contributed by atoms with van der Waals surface area (Å²) in [5.74, 6) is -1.37. The molecule has 2 atom stereocenters. The van der Waals surface area contributed by atoms with Crippen LogP contribution in [0.25, 0.3) is 0 Å². The van der Waals surface area contributed by atoms with Crippen molar-refractivity contribution in [3.63, 3.8) is 0 Å². The van der Waals surface area contributed by atoms with E-state index in [1.54, 1.807) is 19.1 Å². The van der Waals surface area contributed by atoms with Crippen molar-refractivity contribution in [3.05, 3.63) is 39.4 Å². The van der Waals surface area contributed by atoms with E-state index in [9.17, 15) is 24.8 Å². The Balaban J connectivity index is 1.95. The highest BCUT2D eigenvalue weighted by molar-refractivity contribution is 6.00. The Kier molecular flexibility index (Phi) is 3.58. The summed E-state index contributed by atoms with van der Waals surface area (Å²) in [7, 11) is 0. The maximum Gasteiger partial charge on any atom is 0.311 e. The average Bonchev–Trinajstić information content (AvgIpc) is 3.04. The SMILES string of the molecule is Cc1cccc([N+](=O)[O-])c1C(=O)N1C[C@@H]2CCC[C@@]2(C(=O)O)C1. The Morgan fingerprint density at radius 2 is 2.17 bits per heavy atom. The van der Waals surface area contributed by atoms with Crippen LogP contribution in [-0.2, 0) is 4.79 Å². The van der Waals surface area contributed by atoms with Crippen LogP contribution in [-0.4, -0.2) is 39.9 Å². The molecule has 2 aliphatic rings. The van der Waals surface area contributed by atoms with E-state index >= 15 is 0 Å². The second-order valence-corrected chi connectivity index (χ2v) is 6.46. The number of carbonyl (C=O) groups excluding carboxylic acids is 1. The van der Waals surface area contributed by atoms with Gasteiger partial charge >= 0.3 is 5.97 Å². The normalized spacial score (nSPS) is 26.1. The molecule has 1 heterocycles. The second kappa shape index (κ2) is 5.33. The van der Waals surface area contributed by atoms with Crippen LogP contribution >= 0.6 is 0 Å². The lowest BCUT2D eigenvalue weighted by Crippen LogP contribution is -2.37. The number of hydrogen-bond acceptors (Lipinski definition) is 4. The molecular formula is C16H18N2O5. The zero-order valence-electron chi connectivity index (χ0n) is 12.8. The Hall–Kier alpha value is -2.44. The lowest BCUT2D eigenvalue weighted by Gasteiger charge is -2.23. The molecule has 3 rings (SSSR count). The maximum atomic E-state index is 12.8. The molecule has 1 aromatic rings. The molecule has 0 unspecified atom stereocenters. The van der Waals surface area contributed by atoms with Crippen molar-refractivity contribution in [3.8, 4) is 0 Å². The Labute approximate surface area is 133 Å². The van der Waals surface area contributed by atoms with Gasteiger partial charge in [-0.25, -0.2) is 0 Å². The minimum absolute atomic E-state index is 0.0629. The van der Waals surface area contributed by atoms with Crippen LogP contribution in [0.15, 0.2) is 18.2 Å². The van der Waals surface area contributed by atoms with Crippen LogP contribution in [0.4, 0.5) is 5.69 Å². The first-order valence-electron chi connectivity index (χ1n) is 7.63. The largest absolute Gasteiger partial charge is 0.481 e. The van der Waals surface area contributed by atoms with Gasteiger partial charge in [-0.15, -0.1) is 0 Å². The topological polar surface area (TPSA) is 101 Å². The van der Waals surface area contributed by atoms with Gasteiger partial charge in [0.2, 0.25) is 0 Å². The summed E-state index contributed by atoms with van der Waals surface area (Å²) < 4.78 is 0. The molecule has 0 spiro atoms. The van der Waals surface area contributed by atoms with Gasteiger partial charge in [-0.05, 0) is 31.2 Å². The number of nitro benzene ring substituents is 1. The fourth-order valence-electron chi connectivity index (χ4n) is 4.03. The number of nitro groups is 1. The molecule has 0 radical (unpaired) electrons. The third-order valence-corrected chi connectivity index (χ3v) is 5.25. The Bertz CT molecular complexity index is 702. The smallest absolute Gasteiger partial charge is 0.311 e. The summed E-state index contributed by atoms with van der Waals surface area (Å²) in [6, 6.07) is 4.51. The van der Waals surface area contributed by atoms with Crippen molar-refractivity contribution >= 4 is 17.6 Å². The number of rotatable bonds is 3. The van der Waals surface area contributed by atoms with Crippen molar-refractivity contribution < 1.29 is 19.6 Å². The molecule has 23 heavy (non-hydrogen) atoms. The van der Waals surface area contributed by atoms with E-state index in [-0.39, 0.29) is 23.7 Å². The first-order valence-corrected chi connectivity index (χ1v) is 7.63. The third kappa shape index (κ3) is 2.27. The van der Waals surface area contributed by atoms with E-state index in [4.69, 9.17) is 0 Å². The summed E-state index contributed by atoms with van der Waals surface area (Å²) >= 11 is 0. The number of aryl methyl sites for hydroxylation is 1. The molecule has 122 valence electrons. The van der Waals surface area contributed by atoms with Crippen LogP contribution in [0.3, 0.4) is 0 Å². The van der Waals surface area contributed by atoms with Crippen LogP contribution in [0.5, 0.6) is 0 Å². The molecule has 1 aliphatic carbocycles. The quantitative estimate of drug-likeness (QED) is 0.680. The van der Waals surface area contributed by atoms with Gasteiger partial charge in [-0.3, -0.25) is 19.7 Å². The van der Waals surface area contributed by atoms with Gasteiger partial charge in [0, 0.05) is 19.2 Å². The predicted octanol–water partition coefficient (Wildman–Crippen LogP) is 2.23. The lowest BCUT2D eigenvalue weighted by atomic mass is 9.81. The highest BCUT2D eigenvalue weighted by Crippen LogP contribution is 2.49. The van der Waals surface area contributed by atoms with Crippen molar-refractivity contribution in [2.45, 2.75) is 26.2 Å². The summed E-state index contributed by atoms with van der Waals surface area (Å²) in [6.07, 6.45) is 2.20. The van der Waals surface area contributed by atoms with Gasteiger partial charge in [0.25, 0.3) is 11.6 Å². The number of fused-ring (bicyclic) bond motifs is 1. The first kappa shape index (κ1) is 15.5. The van der Waals surface area contributed by atoms with Gasteiger partial charge in [0.15, 0.2) is 0 Å². The number of carbonyl (C=O) groups is 2. The summed E-state index contributed by atoms with van der Waals surface area (Å²) in [4.78, 5) is 36.6. The molecule has 7 heteroatoms. The molecule has 7 nitrogen and oxygen atoms in total. The minimum atomic E-state index is -0.882. The monoisotopic (exact) mass is 318 g/mol. The number of carboxylic acid groups (broad SMARTS) is 1. The van der Waals surface area contributed by atoms with E-state index in [1.165, 1.54) is 11.0 Å². The fourth-order valence-corrected chi connectivity index (χ4v) is 4.03. The predicted molar refractivity (Wildman–Crippen MR) is 81.1 cm³/mol. The maximum absolute atomic E-state index is 12.8. The third-order valence-electron chi connectivity index (χ3n) is 5.25. The van der Waals surface area contributed by atoms with Crippen molar-refractivity contribution in [2.75, 3.05) is 13.1 Å². The molecule has 0 aromatic heterocycles. The van der Waals surface area contributed by atoms with Crippen LogP contribution in [0.2, 0.25) is 0 Å². The van der Waals surface area contributed by atoms with E-state index in [1.807, 2.05) is 0 Å². The van der Waals surface area contributed by atoms with Gasteiger partial charge < -0.3 is 10.0 Å². The van der Waals surface area contributed by atoms with Gasteiger partial charge in [0.05, 0.1) is 10.3 Å². The lowest BCUT2D eigenvalue weighted by molar-refractivity contribution is -0.385. The average molecular weight is 318 g/mol. The standard InChI is InChI=1S/C16H18N2O5/c1-10-4-2-6-12(18(22)23)13(10)14(19)17-8-11-5-3-7-16(11,9-17)15(20)21/h2,4,6,11H,3,5,7-9H2,1H3,(H,20,21)/t11-,16+/m0/s1. The number of likely N-dealkylation sites (tertiary alicyclic amines) is 1. The molecule has 1 saturated carbocycles. The summed E-state index contributed by atoms with van der Waals surface area (Å²) in [5.41, 5.74) is -0.507. The highest BCUT2D eigenvalue weighted by Gasteiger charge is 2.56. The van der Waals surface area contributed by atoms with Gasteiger partial charge in [-0.2, -0.15) is 0 Å². The molecular weight excluding hydrogens is 300 g/mol. The van der Waals surface area contributed by atoms with Gasteiger partial charge in [-0.1, -0.05) is 18.6 Å². The molecule has 1 amide bonds. The van der Waals surface area contributed by atoms with E-state index in [0.717, 1.165) is 12.8 Å². The van der Waals surface area contributed by atoms with E-state index in [0.29, 0.717) is 18.5 Å². The number of nitrogens with zero attached hydrogens (tertiary/aromatic N) is 2. The Morgan fingerprint density at radius 1 is 1.43 bits per heavy atom. The minimum Gasteiger partial charge on any atom is -0.481 e. The number of carboxylic acids is 1. The van der Waals surface area contributed by atoms with Crippen LogP contribution in [0, 0.1) is 28.4 Å². The molecule has 1 aliphatic heterocycles. The Morgan fingerprint density at radius 3 is 2.78 bits per heavy atom. The fraction of sp³-hybridized carbons (Fsp3) is 0.500. The van der Waals surface area contributed by atoms with Crippen LogP contribution < -0.4 is 0 Å². The van der Waals surface area contributed by atoms with Crippen molar-refractivity contribution in [2.24, 2.45) is 11.3 Å². The highest BCUT2D eigenvalue weighted by atomic mass is 16.6. The molecule has 1 N–H and O–H groups in total. The van der Waals surface area contributed by atoms with Crippen molar-refractivity contribution in [1.82, 2.24) is 4.90 Å². The van der Waals surface area contributed by atoms with Crippen LogP contribution in [0.1, 0.15) is 35.2 Å². The number of hydrogen-bond donors (Lipinski definition) is 1. The zero-order valence-corrected chi connectivity index (χ0v) is 12.8. The number of amides is 1. The van der Waals surface area contributed by atoms with E-state index < -0.39 is 22.2 Å². The van der Waals surface area contributed by atoms with E-state index in [2.05, 4.69) is 0 Å². The molecule has 1 aromatic carbocycles. The van der Waals surface area contributed by atoms with Crippen molar-refractivity contribution in [1.29, 1.82) is 0 Å². The number of benzene rings is 1. The molecule has 0 bridgehead atoms. The second-order valence-electron chi connectivity index (χ2n) is 6.46.